The SMILES string of the molecule is Cc1nn([C@H]2CCS(=O)(=O)C2)c(C)c1/C=N\NC(=O)[C@@H](C)Oc1ccc(F)cc1. The van der Waals surface area contributed by atoms with Crippen LogP contribution >= 0.6 is 0 Å². The van der Waals surface area contributed by atoms with Crippen molar-refractivity contribution in [2.24, 2.45) is 5.10 Å². The number of nitrogens with zero attached hydrogens (tertiary/aromatic N) is 3. The van der Waals surface area contributed by atoms with Crippen molar-refractivity contribution in [3.8, 4) is 5.75 Å². The van der Waals surface area contributed by atoms with E-state index in [-0.39, 0.29) is 23.4 Å². The Morgan fingerprint density at radius 2 is 2.07 bits per heavy atom. The molecule has 29 heavy (non-hydrogen) atoms. The molecule has 10 heteroatoms. The molecule has 1 aliphatic heterocycles. The van der Waals surface area contributed by atoms with Gasteiger partial charge in [-0.1, -0.05) is 0 Å². The molecule has 1 amide bonds. The Bertz CT molecular complexity index is 1030. The topological polar surface area (TPSA) is 103 Å². The fraction of sp³-hybridized carbons (Fsp3) is 0.421. The third-order valence-electron chi connectivity index (χ3n) is 4.80. The molecule has 3 rings (SSSR count). The van der Waals surface area contributed by atoms with Gasteiger partial charge in [-0.2, -0.15) is 10.2 Å². The lowest BCUT2D eigenvalue weighted by atomic mass is 10.2. The first-order chi connectivity index (χ1) is 13.7. The van der Waals surface area contributed by atoms with E-state index in [0.29, 0.717) is 17.9 Å². The quantitative estimate of drug-likeness (QED) is 0.566. The van der Waals surface area contributed by atoms with Crippen molar-refractivity contribution in [1.82, 2.24) is 15.2 Å². The predicted molar refractivity (Wildman–Crippen MR) is 106 cm³/mol. The summed E-state index contributed by atoms with van der Waals surface area (Å²) in [5, 5.41) is 8.42. The van der Waals surface area contributed by atoms with Crippen LogP contribution in [0.2, 0.25) is 0 Å². The van der Waals surface area contributed by atoms with E-state index in [1.54, 1.807) is 18.5 Å². The van der Waals surface area contributed by atoms with Gasteiger partial charge in [-0.05, 0) is 51.5 Å². The second-order valence-electron chi connectivity index (χ2n) is 7.03. The molecule has 1 N–H and O–H groups in total. The minimum atomic E-state index is -3.02. The summed E-state index contributed by atoms with van der Waals surface area (Å²) in [5.41, 5.74) is 4.62. The Hall–Kier alpha value is -2.75. The molecule has 1 saturated heterocycles. The maximum Gasteiger partial charge on any atom is 0.280 e. The van der Waals surface area contributed by atoms with Crippen molar-refractivity contribution in [2.75, 3.05) is 11.5 Å². The smallest absolute Gasteiger partial charge is 0.280 e. The molecule has 2 aromatic rings. The van der Waals surface area contributed by atoms with Crippen LogP contribution in [-0.2, 0) is 14.6 Å². The summed E-state index contributed by atoms with van der Waals surface area (Å²) in [6, 6.07) is 5.19. The Kier molecular flexibility index (Phi) is 6.02. The van der Waals surface area contributed by atoms with Crippen LogP contribution in [0.4, 0.5) is 4.39 Å². The Morgan fingerprint density at radius 1 is 1.38 bits per heavy atom. The molecule has 2 heterocycles. The van der Waals surface area contributed by atoms with Gasteiger partial charge in [0.2, 0.25) is 0 Å². The highest BCUT2D eigenvalue weighted by Crippen LogP contribution is 2.26. The summed E-state index contributed by atoms with van der Waals surface area (Å²) < 4.78 is 43.6. The zero-order chi connectivity index (χ0) is 21.2. The molecule has 1 aromatic heterocycles. The first kappa shape index (κ1) is 21.0. The molecule has 8 nitrogen and oxygen atoms in total. The van der Waals surface area contributed by atoms with Crippen LogP contribution in [0, 0.1) is 19.7 Å². The average Bonchev–Trinajstić information content (AvgIpc) is 3.16. The number of benzene rings is 1. The highest BCUT2D eigenvalue weighted by molar-refractivity contribution is 7.91. The summed E-state index contributed by atoms with van der Waals surface area (Å²) in [5.74, 6) is -0.227. The maximum absolute atomic E-state index is 12.9. The number of rotatable bonds is 6. The monoisotopic (exact) mass is 422 g/mol. The van der Waals surface area contributed by atoms with Crippen molar-refractivity contribution in [3.05, 3.63) is 47.0 Å². The highest BCUT2D eigenvalue weighted by Gasteiger charge is 2.31. The number of sulfone groups is 1. The van der Waals surface area contributed by atoms with Gasteiger partial charge in [0.15, 0.2) is 15.9 Å². The number of amides is 1. The molecule has 2 atom stereocenters. The Labute approximate surface area is 168 Å². The van der Waals surface area contributed by atoms with Gasteiger partial charge in [-0.3, -0.25) is 9.48 Å². The molecule has 0 bridgehead atoms. The lowest BCUT2D eigenvalue weighted by Crippen LogP contribution is -2.33. The molecule has 0 saturated carbocycles. The van der Waals surface area contributed by atoms with E-state index in [9.17, 15) is 17.6 Å². The molecule has 1 aliphatic rings. The summed E-state index contributed by atoms with van der Waals surface area (Å²) >= 11 is 0. The minimum Gasteiger partial charge on any atom is -0.481 e. The minimum absolute atomic E-state index is 0.0838. The number of hydrogen-bond donors (Lipinski definition) is 1. The van der Waals surface area contributed by atoms with Crippen LogP contribution in [0.1, 0.15) is 36.3 Å². The highest BCUT2D eigenvalue weighted by atomic mass is 32.2. The van der Waals surface area contributed by atoms with Crippen molar-refractivity contribution < 1.29 is 22.3 Å². The van der Waals surface area contributed by atoms with Crippen LogP contribution in [0.5, 0.6) is 5.75 Å². The lowest BCUT2D eigenvalue weighted by Gasteiger charge is -2.12. The number of hydrogen-bond acceptors (Lipinski definition) is 6. The molecule has 0 aliphatic carbocycles. The predicted octanol–water partition coefficient (Wildman–Crippen LogP) is 1.92. The molecule has 0 spiro atoms. The molecule has 1 aromatic carbocycles. The van der Waals surface area contributed by atoms with E-state index in [1.165, 1.54) is 30.5 Å². The van der Waals surface area contributed by atoms with Gasteiger partial charge in [-0.15, -0.1) is 0 Å². The van der Waals surface area contributed by atoms with E-state index in [1.807, 2.05) is 6.92 Å². The summed E-state index contributed by atoms with van der Waals surface area (Å²) in [7, 11) is -3.02. The summed E-state index contributed by atoms with van der Waals surface area (Å²) in [6.07, 6.45) is 1.20. The number of nitrogens with one attached hydrogen (secondary N) is 1. The normalized spacial score (nSPS) is 19.4. The van der Waals surface area contributed by atoms with Crippen LogP contribution < -0.4 is 10.2 Å². The van der Waals surface area contributed by atoms with Crippen LogP contribution in [0.25, 0.3) is 0 Å². The number of aryl methyl sites for hydroxylation is 1. The largest absolute Gasteiger partial charge is 0.481 e. The first-order valence-corrected chi connectivity index (χ1v) is 11.0. The van der Waals surface area contributed by atoms with Crippen LogP contribution in [0.3, 0.4) is 0 Å². The van der Waals surface area contributed by atoms with Gasteiger partial charge in [0, 0.05) is 11.3 Å². The number of carbonyl (C=O) groups excluding carboxylic acids is 1. The van der Waals surface area contributed by atoms with Gasteiger partial charge >= 0.3 is 0 Å². The Balaban J connectivity index is 1.62. The Morgan fingerprint density at radius 3 is 2.69 bits per heavy atom. The second-order valence-corrected chi connectivity index (χ2v) is 9.26. The van der Waals surface area contributed by atoms with Crippen molar-refractivity contribution in [3.63, 3.8) is 0 Å². The van der Waals surface area contributed by atoms with Gasteiger partial charge in [-0.25, -0.2) is 18.2 Å². The van der Waals surface area contributed by atoms with Gasteiger partial charge < -0.3 is 4.74 Å². The molecule has 156 valence electrons. The van der Waals surface area contributed by atoms with E-state index in [0.717, 1.165) is 11.3 Å². The number of hydrazone groups is 1. The van der Waals surface area contributed by atoms with E-state index >= 15 is 0 Å². The summed E-state index contributed by atoms with van der Waals surface area (Å²) in [6.45, 7) is 5.20. The van der Waals surface area contributed by atoms with Gasteiger partial charge in [0.1, 0.15) is 11.6 Å². The molecule has 0 radical (unpaired) electrons. The number of carbonyl (C=O) groups is 1. The van der Waals surface area contributed by atoms with Gasteiger partial charge in [0.25, 0.3) is 5.91 Å². The van der Waals surface area contributed by atoms with E-state index < -0.39 is 21.8 Å². The number of aromatic nitrogens is 2. The van der Waals surface area contributed by atoms with Gasteiger partial charge in [0.05, 0.1) is 29.5 Å². The number of ether oxygens (including phenoxy) is 1. The average molecular weight is 422 g/mol. The molecular weight excluding hydrogens is 399 g/mol. The van der Waals surface area contributed by atoms with Crippen molar-refractivity contribution in [2.45, 2.75) is 39.3 Å². The first-order valence-electron chi connectivity index (χ1n) is 9.17. The van der Waals surface area contributed by atoms with E-state index in [4.69, 9.17) is 4.74 Å². The molecular formula is C19H23FN4O4S. The molecule has 1 fully saturated rings. The van der Waals surface area contributed by atoms with E-state index in [2.05, 4.69) is 15.6 Å². The number of halogens is 1. The third kappa shape index (κ3) is 5.00. The fourth-order valence-electron chi connectivity index (χ4n) is 3.21. The van der Waals surface area contributed by atoms with Crippen molar-refractivity contribution >= 4 is 22.0 Å². The van der Waals surface area contributed by atoms with Crippen molar-refractivity contribution in [1.29, 1.82) is 0 Å². The lowest BCUT2D eigenvalue weighted by molar-refractivity contribution is -0.127. The standard InChI is InChI=1S/C19H23FN4O4S/c1-12-18(13(2)24(23-12)16-8-9-29(26,27)11-16)10-21-22-19(25)14(3)28-17-6-4-15(20)5-7-17/h4-7,10,14,16H,8-9,11H2,1-3H3,(H,22,25)/b21-10-/t14-,16+/m1/s1. The zero-order valence-electron chi connectivity index (χ0n) is 16.4. The second kappa shape index (κ2) is 8.32. The zero-order valence-corrected chi connectivity index (χ0v) is 17.2. The van der Waals surface area contributed by atoms with Crippen LogP contribution in [-0.4, -0.2) is 47.9 Å². The van der Waals surface area contributed by atoms with Crippen LogP contribution in [0.15, 0.2) is 29.4 Å². The fourth-order valence-corrected chi connectivity index (χ4v) is 4.90. The maximum atomic E-state index is 12.9. The summed E-state index contributed by atoms with van der Waals surface area (Å²) in [4.78, 5) is 12.1. The third-order valence-corrected chi connectivity index (χ3v) is 6.55. The molecule has 0 unspecified atom stereocenters.